The van der Waals surface area contributed by atoms with Crippen molar-refractivity contribution in [3.8, 4) is 16.9 Å². The highest BCUT2D eigenvalue weighted by Gasteiger charge is 2.29. The maximum Gasteiger partial charge on any atom is 0.430 e. The normalized spacial score (nSPS) is 14.9. The van der Waals surface area contributed by atoms with Gasteiger partial charge < -0.3 is 24.9 Å². The minimum Gasteiger partial charge on any atom is -0.542 e. The van der Waals surface area contributed by atoms with E-state index in [1.807, 2.05) is 26.0 Å². The molecule has 1 amide bonds. The van der Waals surface area contributed by atoms with Gasteiger partial charge in [0, 0.05) is 11.8 Å². The molecular formula is C29H29ClF3N5O5S. The van der Waals surface area contributed by atoms with Crippen LogP contribution in [0.25, 0.3) is 22.0 Å². The number of nitrogens with zero attached hydrogens (tertiary/aromatic N) is 2. The number of amides is 1. The number of aliphatic carboxylic acids is 1. The highest BCUT2D eigenvalue weighted by atomic mass is 35.5. The number of anilines is 1. The minimum absolute atomic E-state index is 0.215. The van der Waals surface area contributed by atoms with Crippen molar-refractivity contribution in [2.75, 3.05) is 18.5 Å². The van der Waals surface area contributed by atoms with Crippen LogP contribution in [0.1, 0.15) is 47.2 Å². The van der Waals surface area contributed by atoms with Crippen LogP contribution in [0.3, 0.4) is 0 Å². The summed E-state index contributed by atoms with van der Waals surface area (Å²) >= 11 is 7.70. The number of halogens is 4. The van der Waals surface area contributed by atoms with Crippen molar-refractivity contribution in [2.24, 2.45) is 0 Å². The molecule has 0 spiro atoms. The molecule has 3 heterocycles. The number of carbonyl (C=O) groups excluding carboxylic acids is 2. The molecule has 0 saturated carbocycles. The van der Waals surface area contributed by atoms with E-state index in [4.69, 9.17) is 26.2 Å². The van der Waals surface area contributed by atoms with Crippen LogP contribution in [0.15, 0.2) is 40.6 Å². The number of nitrogens with one attached hydrogen (secondary N) is 2. The molecule has 234 valence electrons. The maximum atomic E-state index is 13.4. The number of carboxylic acids is 1. The Balaban J connectivity index is 0.000000566. The van der Waals surface area contributed by atoms with Gasteiger partial charge >= 0.3 is 6.18 Å². The third-order valence-corrected chi connectivity index (χ3v) is 7.80. The molecule has 5 rings (SSSR count). The number of fused-ring (bicyclic) bond motifs is 1. The molecule has 15 heteroatoms. The van der Waals surface area contributed by atoms with Crippen LogP contribution in [0, 0.1) is 13.8 Å². The number of aryl methyl sites for hydroxylation is 2. The molecule has 4 N–H and O–H groups in total. The molecule has 1 aliphatic rings. The number of pyridine rings is 1. The molecule has 44 heavy (non-hydrogen) atoms. The van der Waals surface area contributed by atoms with E-state index in [0.717, 1.165) is 36.1 Å². The average Bonchev–Trinajstić information content (AvgIpc) is 3.45. The summed E-state index contributed by atoms with van der Waals surface area (Å²) in [6.45, 7) is 5.60. The average molecular weight is 652 g/mol. The molecule has 0 aliphatic carbocycles. The van der Waals surface area contributed by atoms with Gasteiger partial charge in [0.25, 0.3) is 11.5 Å². The van der Waals surface area contributed by atoms with E-state index in [-0.39, 0.29) is 16.1 Å². The van der Waals surface area contributed by atoms with E-state index in [1.54, 1.807) is 12.1 Å². The Morgan fingerprint density at radius 3 is 2.48 bits per heavy atom. The lowest BCUT2D eigenvalue weighted by molar-refractivity contribution is -0.698. The summed E-state index contributed by atoms with van der Waals surface area (Å²) in [6.07, 6.45) is -0.683. The summed E-state index contributed by atoms with van der Waals surface area (Å²) in [5.41, 5.74) is 5.35. The molecule has 1 unspecified atom stereocenters. The lowest BCUT2D eigenvalue weighted by atomic mass is 9.98. The van der Waals surface area contributed by atoms with E-state index < -0.39 is 18.1 Å². The number of carbonyl (C=O) groups is 2. The quantitative estimate of drug-likeness (QED) is 0.275. The van der Waals surface area contributed by atoms with Crippen LogP contribution in [-0.4, -0.2) is 52.4 Å². The van der Waals surface area contributed by atoms with Crippen molar-refractivity contribution in [1.82, 2.24) is 15.2 Å². The monoisotopic (exact) mass is 651 g/mol. The first-order valence-corrected chi connectivity index (χ1v) is 14.9. The SMILES string of the molecule is Cc1cc(C)cc(-c2c(OCCC3CCCC[NH2+]3)c3cc(C(=O)Nc4nncs4)c(Cl)cc3[nH]c2=O)c1.O=C([O-])C(F)(F)F. The van der Waals surface area contributed by atoms with Gasteiger partial charge in [-0.2, -0.15) is 13.2 Å². The van der Waals surface area contributed by atoms with E-state index in [0.29, 0.717) is 40.0 Å². The molecule has 4 aromatic rings. The van der Waals surface area contributed by atoms with Crippen molar-refractivity contribution in [3.05, 3.63) is 67.9 Å². The summed E-state index contributed by atoms with van der Waals surface area (Å²) in [5, 5.41) is 22.7. The fraction of sp³-hybridized carbons (Fsp3) is 0.345. The first-order valence-electron chi connectivity index (χ1n) is 13.6. The number of hydrogen-bond acceptors (Lipinski definition) is 8. The number of alkyl halides is 3. The van der Waals surface area contributed by atoms with Crippen molar-refractivity contribution in [1.29, 1.82) is 0 Å². The number of benzene rings is 2. The van der Waals surface area contributed by atoms with Crippen LogP contribution in [0.4, 0.5) is 18.3 Å². The van der Waals surface area contributed by atoms with Gasteiger partial charge in [-0.05, 0) is 50.8 Å². The molecule has 2 aromatic heterocycles. The number of piperidine rings is 1. The van der Waals surface area contributed by atoms with Crippen molar-refractivity contribution in [3.63, 3.8) is 0 Å². The molecule has 1 saturated heterocycles. The lowest BCUT2D eigenvalue weighted by Gasteiger charge is -2.21. The number of aromatic nitrogens is 3. The smallest absolute Gasteiger partial charge is 0.430 e. The van der Waals surface area contributed by atoms with Crippen LogP contribution in [0.2, 0.25) is 5.02 Å². The number of rotatable bonds is 7. The Bertz CT molecular complexity index is 1690. The van der Waals surface area contributed by atoms with E-state index in [1.165, 1.54) is 29.7 Å². The molecule has 1 aliphatic heterocycles. The number of hydrogen-bond donors (Lipinski definition) is 3. The van der Waals surface area contributed by atoms with Crippen LogP contribution in [0.5, 0.6) is 5.75 Å². The number of nitrogens with two attached hydrogens (primary N) is 1. The molecule has 10 nitrogen and oxygen atoms in total. The Hall–Kier alpha value is -4.01. The Morgan fingerprint density at radius 2 is 1.89 bits per heavy atom. The van der Waals surface area contributed by atoms with Gasteiger partial charge in [0.1, 0.15) is 17.2 Å². The Kier molecular flexibility index (Phi) is 10.6. The second-order valence-electron chi connectivity index (χ2n) is 10.3. The van der Waals surface area contributed by atoms with Gasteiger partial charge in [-0.3, -0.25) is 14.9 Å². The van der Waals surface area contributed by atoms with Crippen LogP contribution in [-0.2, 0) is 4.79 Å². The van der Waals surface area contributed by atoms with Gasteiger partial charge in [0.2, 0.25) is 5.13 Å². The lowest BCUT2D eigenvalue weighted by Crippen LogP contribution is -2.91. The third kappa shape index (κ3) is 8.33. The summed E-state index contributed by atoms with van der Waals surface area (Å²) in [7, 11) is 0. The molecule has 0 bridgehead atoms. The zero-order valence-corrected chi connectivity index (χ0v) is 25.3. The van der Waals surface area contributed by atoms with Crippen LogP contribution < -0.4 is 26.0 Å². The number of carboxylic acid groups (broad SMARTS) is 1. The van der Waals surface area contributed by atoms with Gasteiger partial charge in [0.05, 0.1) is 40.9 Å². The first kappa shape index (κ1) is 32.9. The molecule has 1 atom stereocenters. The third-order valence-electron chi connectivity index (χ3n) is 6.89. The molecular weight excluding hydrogens is 623 g/mol. The second-order valence-corrected chi connectivity index (χ2v) is 11.6. The summed E-state index contributed by atoms with van der Waals surface area (Å²) < 4.78 is 38.0. The Labute approximate surface area is 258 Å². The van der Waals surface area contributed by atoms with Gasteiger partial charge in [-0.15, -0.1) is 10.2 Å². The largest absolute Gasteiger partial charge is 0.542 e. The van der Waals surface area contributed by atoms with Crippen LogP contribution >= 0.6 is 22.9 Å². The summed E-state index contributed by atoms with van der Waals surface area (Å²) in [4.78, 5) is 38.2. The van der Waals surface area contributed by atoms with Gasteiger partial charge in [0.15, 0.2) is 0 Å². The highest BCUT2D eigenvalue weighted by molar-refractivity contribution is 7.13. The summed E-state index contributed by atoms with van der Waals surface area (Å²) in [6, 6.07) is 9.80. The molecule has 2 aromatic carbocycles. The van der Waals surface area contributed by atoms with Gasteiger partial charge in [-0.1, -0.05) is 52.3 Å². The maximum absolute atomic E-state index is 13.4. The van der Waals surface area contributed by atoms with E-state index in [2.05, 4.69) is 31.9 Å². The van der Waals surface area contributed by atoms with E-state index in [9.17, 15) is 22.8 Å². The predicted octanol–water partition coefficient (Wildman–Crippen LogP) is 3.75. The fourth-order valence-electron chi connectivity index (χ4n) is 4.98. The zero-order valence-electron chi connectivity index (χ0n) is 23.7. The fourth-order valence-corrected chi connectivity index (χ4v) is 5.67. The standard InChI is InChI=1S/C27H28ClN5O3S.C2HF3O2/c1-15-9-16(2)11-17(10-15)23-24(36-8-6-18-5-3-4-7-29-18)20-12-19(21(28)13-22(20)31-26(23)35)25(34)32-27-33-30-14-37-27;3-2(4,5)1(6)7/h9-14,18,29H,3-8H2,1-2H3,(H,31,35)(H,32,33,34);(H,6,7). The molecule has 0 radical (unpaired) electrons. The van der Waals surface area contributed by atoms with E-state index >= 15 is 0 Å². The first-order chi connectivity index (χ1) is 20.8. The zero-order chi connectivity index (χ0) is 32.0. The number of H-pyrrole nitrogens is 1. The highest BCUT2D eigenvalue weighted by Crippen LogP contribution is 2.37. The predicted molar refractivity (Wildman–Crippen MR) is 158 cm³/mol. The molecule has 1 fully saturated rings. The topological polar surface area (TPSA) is 154 Å². The Morgan fingerprint density at radius 1 is 1.18 bits per heavy atom. The van der Waals surface area contributed by atoms with Crippen molar-refractivity contribution >= 4 is 50.8 Å². The van der Waals surface area contributed by atoms with Crippen molar-refractivity contribution in [2.45, 2.75) is 51.7 Å². The number of ether oxygens (including phenoxy) is 1. The second kappa shape index (κ2) is 14.2. The van der Waals surface area contributed by atoms with Gasteiger partial charge in [-0.25, -0.2) is 0 Å². The van der Waals surface area contributed by atoms with Crippen molar-refractivity contribution < 1.29 is 37.9 Å². The minimum atomic E-state index is -5.19. The number of aromatic amines is 1. The summed E-state index contributed by atoms with van der Waals surface area (Å²) in [5.74, 6) is -2.96. The number of quaternary nitrogens is 1.